The average Bonchev–Trinajstić information content (AvgIpc) is 1.98. The highest BCUT2D eigenvalue weighted by atomic mass is 14.8. The van der Waals surface area contributed by atoms with E-state index in [1.165, 1.54) is 6.42 Å². The summed E-state index contributed by atoms with van der Waals surface area (Å²) >= 11 is 0. The molecule has 0 amide bonds. The van der Waals surface area contributed by atoms with Crippen LogP contribution in [0.4, 0.5) is 0 Å². The number of allylic oxidation sites excluding steroid dienone is 1. The van der Waals surface area contributed by atoms with Crippen molar-refractivity contribution in [3.05, 3.63) is 12.7 Å². The quantitative estimate of drug-likeness (QED) is 0.456. The van der Waals surface area contributed by atoms with E-state index in [2.05, 4.69) is 32.7 Å². The molecule has 0 aliphatic heterocycles. The van der Waals surface area contributed by atoms with Gasteiger partial charge in [-0.25, -0.2) is 0 Å². The molecule has 1 unspecified atom stereocenters. The lowest BCUT2D eigenvalue weighted by Gasteiger charge is -2.10. The molecule has 0 bridgehead atoms. The van der Waals surface area contributed by atoms with Gasteiger partial charge >= 0.3 is 0 Å². The molecule has 0 aromatic heterocycles. The average molecular weight is 169 g/mol. The van der Waals surface area contributed by atoms with E-state index in [1.54, 1.807) is 0 Å². The molecule has 1 N–H and O–H groups in total. The van der Waals surface area contributed by atoms with E-state index < -0.39 is 0 Å². The van der Waals surface area contributed by atoms with Gasteiger partial charge in [0.2, 0.25) is 0 Å². The van der Waals surface area contributed by atoms with Crippen LogP contribution in [-0.2, 0) is 0 Å². The van der Waals surface area contributed by atoms with E-state index in [9.17, 15) is 0 Å². The second kappa shape index (κ2) is 7.35. The fourth-order valence-electron chi connectivity index (χ4n) is 1.14. The van der Waals surface area contributed by atoms with Gasteiger partial charge in [0.25, 0.3) is 0 Å². The molecule has 72 valence electrons. The van der Waals surface area contributed by atoms with Gasteiger partial charge in [-0.05, 0) is 37.8 Å². The third kappa shape index (κ3) is 7.80. The van der Waals surface area contributed by atoms with Crippen molar-refractivity contribution in [2.45, 2.75) is 33.6 Å². The van der Waals surface area contributed by atoms with Crippen LogP contribution >= 0.6 is 0 Å². The molecular formula is C11H23N. The SMILES string of the molecule is C=CCC(C)CCNCC(C)C. The van der Waals surface area contributed by atoms with E-state index in [1.807, 2.05) is 6.08 Å². The van der Waals surface area contributed by atoms with Crippen molar-refractivity contribution in [3.63, 3.8) is 0 Å². The highest BCUT2D eigenvalue weighted by molar-refractivity contribution is 4.70. The van der Waals surface area contributed by atoms with Gasteiger partial charge in [-0.2, -0.15) is 0 Å². The van der Waals surface area contributed by atoms with Crippen LogP contribution in [0.1, 0.15) is 33.6 Å². The lowest BCUT2D eigenvalue weighted by Crippen LogP contribution is -2.22. The van der Waals surface area contributed by atoms with Crippen molar-refractivity contribution in [3.8, 4) is 0 Å². The lowest BCUT2D eigenvalue weighted by molar-refractivity contribution is 0.479. The molecule has 0 aromatic carbocycles. The van der Waals surface area contributed by atoms with Crippen LogP contribution in [0.2, 0.25) is 0 Å². The third-order valence-corrected chi connectivity index (χ3v) is 1.94. The number of hydrogen-bond acceptors (Lipinski definition) is 1. The fourth-order valence-corrected chi connectivity index (χ4v) is 1.14. The Morgan fingerprint density at radius 1 is 1.33 bits per heavy atom. The summed E-state index contributed by atoms with van der Waals surface area (Å²) in [5, 5.41) is 3.44. The predicted octanol–water partition coefficient (Wildman–Crippen LogP) is 2.83. The lowest BCUT2D eigenvalue weighted by atomic mass is 10.0. The monoisotopic (exact) mass is 169 g/mol. The predicted molar refractivity (Wildman–Crippen MR) is 56.3 cm³/mol. The standard InChI is InChI=1S/C11H23N/c1-5-6-11(4)7-8-12-9-10(2)3/h5,10-12H,1,6-9H2,2-4H3. The van der Waals surface area contributed by atoms with E-state index >= 15 is 0 Å². The molecule has 0 saturated carbocycles. The van der Waals surface area contributed by atoms with Gasteiger partial charge in [0.05, 0.1) is 0 Å². The van der Waals surface area contributed by atoms with E-state index in [-0.39, 0.29) is 0 Å². The Bertz CT molecular complexity index is 108. The largest absolute Gasteiger partial charge is 0.316 e. The van der Waals surface area contributed by atoms with Crippen LogP contribution < -0.4 is 5.32 Å². The number of nitrogens with one attached hydrogen (secondary N) is 1. The molecule has 0 aromatic rings. The Labute approximate surface area is 77.2 Å². The van der Waals surface area contributed by atoms with Crippen molar-refractivity contribution in [1.82, 2.24) is 5.32 Å². The fraction of sp³-hybridized carbons (Fsp3) is 0.818. The highest BCUT2D eigenvalue weighted by Gasteiger charge is 1.98. The molecular weight excluding hydrogens is 146 g/mol. The molecule has 0 heterocycles. The summed E-state index contributed by atoms with van der Waals surface area (Å²) in [6.07, 6.45) is 4.41. The topological polar surface area (TPSA) is 12.0 Å². The molecule has 1 atom stereocenters. The van der Waals surface area contributed by atoms with Gasteiger partial charge in [0.15, 0.2) is 0 Å². The molecule has 0 aliphatic rings. The summed E-state index contributed by atoms with van der Waals surface area (Å²) in [6.45, 7) is 12.8. The Kier molecular flexibility index (Phi) is 7.17. The van der Waals surface area contributed by atoms with Crippen LogP contribution in [0.5, 0.6) is 0 Å². The summed E-state index contributed by atoms with van der Waals surface area (Å²) in [5.74, 6) is 1.54. The van der Waals surface area contributed by atoms with Gasteiger partial charge in [-0.15, -0.1) is 6.58 Å². The molecule has 0 fully saturated rings. The highest BCUT2D eigenvalue weighted by Crippen LogP contribution is 2.05. The molecule has 0 aliphatic carbocycles. The molecule has 0 saturated heterocycles. The zero-order valence-corrected chi connectivity index (χ0v) is 8.77. The van der Waals surface area contributed by atoms with Gasteiger partial charge in [0, 0.05) is 0 Å². The first-order chi connectivity index (χ1) is 5.66. The number of rotatable bonds is 7. The molecule has 0 spiro atoms. The first-order valence-electron chi connectivity index (χ1n) is 4.98. The van der Waals surface area contributed by atoms with Gasteiger partial charge < -0.3 is 5.32 Å². The summed E-state index contributed by atoms with van der Waals surface area (Å²) < 4.78 is 0. The van der Waals surface area contributed by atoms with Gasteiger partial charge in [0.1, 0.15) is 0 Å². The Hall–Kier alpha value is -0.300. The normalized spacial score (nSPS) is 13.3. The Morgan fingerprint density at radius 2 is 2.00 bits per heavy atom. The Morgan fingerprint density at radius 3 is 2.50 bits per heavy atom. The summed E-state index contributed by atoms with van der Waals surface area (Å²) in [5.41, 5.74) is 0. The van der Waals surface area contributed by atoms with Crippen LogP contribution in [0.15, 0.2) is 12.7 Å². The molecule has 0 radical (unpaired) electrons. The van der Waals surface area contributed by atoms with Gasteiger partial charge in [-0.1, -0.05) is 26.8 Å². The van der Waals surface area contributed by atoms with Crippen molar-refractivity contribution in [1.29, 1.82) is 0 Å². The molecule has 12 heavy (non-hydrogen) atoms. The smallest absolute Gasteiger partial charge is 0.00258 e. The minimum atomic E-state index is 0.764. The zero-order chi connectivity index (χ0) is 9.40. The first-order valence-corrected chi connectivity index (χ1v) is 4.98. The molecule has 1 nitrogen and oxygen atoms in total. The van der Waals surface area contributed by atoms with E-state index in [4.69, 9.17) is 0 Å². The third-order valence-electron chi connectivity index (χ3n) is 1.94. The molecule has 1 heteroatoms. The maximum atomic E-state index is 3.74. The van der Waals surface area contributed by atoms with E-state index in [0.29, 0.717) is 0 Å². The van der Waals surface area contributed by atoms with Gasteiger partial charge in [-0.3, -0.25) is 0 Å². The van der Waals surface area contributed by atoms with Crippen LogP contribution in [-0.4, -0.2) is 13.1 Å². The first kappa shape index (κ1) is 11.7. The number of hydrogen-bond donors (Lipinski definition) is 1. The second-order valence-electron chi connectivity index (χ2n) is 4.02. The van der Waals surface area contributed by atoms with E-state index in [0.717, 1.165) is 31.3 Å². The maximum absolute atomic E-state index is 3.74. The summed E-state index contributed by atoms with van der Waals surface area (Å²) in [4.78, 5) is 0. The minimum Gasteiger partial charge on any atom is -0.316 e. The van der Waals surface area contributed by atoms with Crippen molar-refractivity contribution < 1.29 is 0 Å². The minimum absolute atomic E-state index is 0.764. The van der Waals surface area contributed by atoms with Crippen molar-refractivity contribution in [2.75, 3.05) is 13.1 Å². The maximum Gasteiger partial charge on any atom is -0.00258 e. The second-order valence-corrected chi connectivity index (χ2v) is 4.02. The van der Waals surface area contributed by atoms with Crippen molar-refractivity contribution >= 4 is 0 Å². The molecule has 0 rings (SSSR count). The summed E-state index contributed by atoms with van der Waals surface area (Å²) in [6, 6.07) is 0. The zero-order valence-electron chi connectivity index (χ0n) is 8.77. The van der Waals surface area contributed by atoms with Crippen molar-refractivity contribution in [2.24, 2.45) is 11.8 Å². The van der Waals surface area contributed by atoms with Crippen LogP contribution in [0.3, 0.4) is 0 Å². The Balaban J connectivity index is 3.13. The van der Waals surface area contributed by atoms with Crippen LogP contribution in [0, 0.1) is 11.8 Å². The van der Waals surface area contributed by atoms with Crippen LogP contribution in [0.25, 0.3) is 0 Å². The summed E-state index contributed by atoms with van der Waals surface area (Å²) in [7, 11) is 0.